The highest BCUT2D eigenvalue weighted by Gasteiger charge is 2.22. The van der Waals surface area contributed by atoms with Crippen molar-refractivity contribution in [3.8, 4) is 5.75 Å². The molecular formula is C28H29N3O4. The van der Waals surface area contributed by atoms with Gasteiger partial charge in [-0.1, -0.05) is 42.5 Å². The van der Waals surface area contributed by atoms with E-state index in [0.717, 1.165) is 29.0 Å². The van der Waals surface area contributed by atoms with E-state index in [1.807, 2.05) is 61.5 Å². The van der Waals surface area contributed by atoms with Crippen LogP contribution >= 0.6 is 0 Å². The first-order chi connectivity index (χ1) is 17.0. The Hall–Kier alpha value is -4.13. The smallest absolute Gasteiger partial charge is 0.251 e. The summed E-state index contributed by atoms with van der Waals surface area (Å²) < 4.78 is 5.52. The summed E-state index contributed by atoms with van der Waals surface area (Å²) in [6, 6.07) is 23.8. The second kappa shape index (κ2) is 11.3. The molecule has 1 saturated heterocycles. The van der Waals surface area contributed by atoms with E-state index in [-0.39, 0.29) is 30.3 Å². The highest BCUT2D eigenvalue weighted by atomic mass is 16.5. The summed E-state index contributed by atoms with van der Waals surface area (Å²) in [5.41, 5.74) is 3.05. The minimum absolute atomic E-state index is 0.0966. The zero-order chi connectivity index (χ0) is 24.6. The monoisotopic (exact) mass is 471 g/mol. The molecule has 0 aromatic heterocycles. The Morgan fingerprint density at radius 3 is 2.26 bits per heavy atom. The number of amides is 3. The van der Waals surface area contributed by atoms with Gasteiger partial charge in [-0.05, 0) is 60.9 Å². The van der Waals surface area contributed by atoms with Crippen molar-refractivity contribution in [2.45, 2.75) is 25.8 Å². The van der Waals surface area contributed by atoms with Gasteiger partial charge in [-0.25, -0.2) is 0 Å². The van der Waals surface area contributed by atoms with Crippen molar-refractivity contribution in [1.29, 1.82) is 0 Å². The molecule has 3 aromatic rings. The fraction of sp³-hybridized carbons (Fsp3) is 0.250. The molecular weight excluding hydrogens is 442 g/mol. The van der Waals surface area contributed by atoms with Gasteiger partial charge < -0.3 is 20.3 Å². The molecule has 1 aliphatic rings. The maximum absolute atomic E-state index is 12.8. The van der Waals surface area contributed by atoms with Crippen LogP contribution in [0.3, 0.4) is 0 Å². The Balaban J connectivity index is 1.38. The van der Waals surface area contributed by atoms with Gasteiger partial charge in [0.2, 0.25) is 11.8 Å². The molecule has 2 N–H and O–H groups in total. The number of hydrogen-bond acceptors (Lipinski definition) is 4. The Bertz CT molecular complexity index is 1160. The third kappa shape index (κ3) is 6.06. The molecule has 1 atom stereocenters. The number of carbonyl (C=O) groups is 3. The Labute approximate surface area is 205 Å². The zero-order valence-electron chi connectivity index (χ0n) is 19.7. The van der Waals surface area contributed by atoms with E-state index in [1.165, 1.54) is 0 Å². The molecule has 3 amide bonds. The topological polar surface area (TPSA) is 87.7 Å². The summed E-state index contributed by atoms with van der Waals surface area (Å²) in [5, 5.41) is 5.70. The maximum atomic E-state index is 12.8. The summed E-state index contributed by atoms with van der Waals surface area (Å²) in [7, 11) is 0. The molecule has 7 nitrogen and oxygen atoms in total. The van der Waals surface area contributed by atoms with E-state index in [9.17, 15) is 14.4 Å². The number of nitrogens with one attached hydrogen (secondary N) is 2. The minimum Gasteiger partial charge on any atom is -0.494 e. The van der Waals surface area contributed by atoms with Crippen LogP contribution in [-0.2, 0) is 9.59 Å². The summed E-state index contributed by atoms with van der Waals surface area (Å²) in [6.07, 6.45) is 1.40. The second-order valence-corrected chi connectivity index (χ2v) is 8.29. The number of rotatable bonds is 9. The summed E-state index contributed by atoms with van der Waals surface area (Å²) in [4.78, 5) is 39.0. The van der Waals surface area contributed by atoms with E-state index in [2.05, 4.69) is 10.6 Å². The first-order valence-electron chi connectivity index (χ1n) is 11.8. The lowest BCUT2D eigenvalue weighted by Crippen LogP contribution is -2.39. The van der Waals surface area contributed by atoms with Crippen LogP contribution in [0.1, 0.15) is 47.3 Å². The molecule has 0 spiro atoms. The standard InChI is InChI=1S/C28H29N3O4/c1-2-35-24-16-12-21(13-17-24)27(20-7-4-3-5-8-20)30-25(32)19-29-28(34)22-10-14-23(15-11-22)31-18-6-9-26(31)33/h3-5,7-8,10-17,27H,2,6,9,18-19H2,1H3,(H,29,34)(H,30,32). The number of nitrogens with zero attached hydrogens (tertiary/aromatic N) is 1. The zero-order valence-corrected chi connectivity index (χ0v) is 19.7. The van der Waals surface area contributed by atoms with Gasteiger partial charge in [0.25, 0.3) is 5.91 Å². The fourth-order valence-electron chi connectivity index (χ4n) is 4.12. The average molecular weight is 472 g/mol. The van der Waals surface area contributed by atoms with Crippen LogP contribution in [0.25, 0.3) is 0 Å². The van der Waals surface area contributed by atoms with Crippen LogP contribution in [0, 0.1) is 0 Å². The minimum atomic E-state index is -0.367. The van der Waals surface area contributed by atoms with Crippen LogP contribution in [0.4, 0.5) is 5.69 Å². The van der Waals surface area contributed by atoms with E-state index in [0.29, 0.717) is 25.1 Å². The summed E-state index contributed by atoms with van der Waals surface area (Å²) in [5.74, 6) is 0.207. The highest BCUT2D eigenvalue weighted by molar-refractivity contribution is 5.98. The first-order valence-corrected chi connectivity index (χ1v) is 11.8. The predicted octanol–water partition coefficient (Wildman–Crippen LogP) is 3.85. The van der Waals surface area contributed by atoms with Gasteiger partial charge >= 0.3 is 0 Å². The van der Waals surface area contributed by atoms with E-state index < -0.39 is 0 Å². The first kappa shape index (κ1) is 24.0. The van der Waals surface area contributed by atoms with E-state index >= 15 is 0 Å². The van der Waals surface area contributed by atoms with Gasteiger partial charge in [-0.2, -0.15) is 0 Å². The number of benzene rings is 3. The van der Waals surface area contributed by atoms with Gasteiger partial charge in [0.1, 0.15) is 5.75 Å². The van der Waals surface area contributed by atoms with Gasteiger partial charge in [0, 0.05) is 24.2 Å². The molecule has 0 bridgehead atoms. The lowest BCUT2D eigenvalue weighted by molar-refractivity contribution is -0.120. The van der Waals surface area contributed by atoms with E-state index in [1.54, 1.807) is 29.2 Å². The molecule has 0 aliphatic carbocycles. The highest BCUT2D eigenvalue weighted by Crippen LogP contribution is 2.24. The van der Waals surface area contributed by atoms with Crippen LogP contribution in [0.5, 0.6) is 5.75 Å². The third-order valence-electron chi connectivity index (χ3n) is 5.89. The van der Waals surface area contributed by atoms with Gasteiger partial charge in [0.15, 0.2) is 0 Å². The van der Waals surface area contributed by atoms with Crippen molar-refractivity contribution >= 4 is 23.4 Å². The van der Waals surface area contributed by atoms with Crippen molar-refractivity contribution in [2.24, 2.45) is 0 Å². The number of ether oxygens (including phenoxy) is 1. The molecule has 1 heterocycles. The molecule has 3 aromatic carbocycles. The molecule has 0 radical (unpaired) electrons. The SMILES string of the molecule is CCOc1ccc(C(NC(=O)CNC(=O)c2ccc(N3CCCC3=O)cc2)c2ccccc2)cc1. The quantitative estimate of drug-likeness (QED) is 0.496. The van der Waals surface area contributed by atoms with Crippen LogP contribution in [-0.4, -0.2) is 37.4 Å². The van der Waals surface area contributed by atoms with Crippen molar-refractivity contribution in [1.82, 2.24) is 10.6 Å². The molecule has 4 rings (SSSR count). The van der Waals surface area contributed by atoms with Crippen molar-refractivity contribution in [3.63, 3.8) is 0 Å². The molecule has 35 heavy (non-hydrogen) atoms. The number of anilines is 1. The second-order valence-electron chi connectivity index (χ2n) is 8.29. The summed E-state index contributed by atoms with van der Waals surface area (Å²) in [6.45, 7) is 3.04. The average Bonchev–Trinajstić information content (AvgIpc) is 3.33. The van der Waals surface area contributed by atoms with Gasteiger partial charge in [-0.15, -0.1) is 0 Å². The number of carbonyl (C=O) groups excluding carboxylic acids is 3. The van der Waals surface area contributed by atoms with Crippen LogP contribution < -0.4 is 20.3 Å². The maximum Gasteiger partial charge on any atom is 0.251 e. The van der Waals surface area contributed by atoms with Gasteiger partial charge in [0.05, 0.1) is 19.2 Å². The predicted molar refractivity (Wildman–Crippen MR) is 134 cm³/mol. The largest absolute Gasteiger partial charge is 0.494 e. The molecule has 1 fully saturated rings. The van der Waals surface area contributed by atoms with Crippen molar-refractivity contribution in [3.05, 3.63) is 95.6 Å². The van der Waals surface area contributed by atoms with Gasteiger partial charge in [-0.3, -0.25) is 14.4 Å². The molecule has 180 valence electrons. The molecule has 1 aliphatic heterocycles. The summed E-state index contributed by atoms with van der Waals surface area (Å²) >= 11 is 0. The van der Waals surface area contributed by atoms with Crippen LogP contribution in [0.15, 0.2) is 78.9 Å². The Morgan fingerprint density at radius 2 is 1.63 bits per heavy atom. The molecule has 0 saturated carbocycles. The third-order valence-corrected chi connectivity index (χ3v) is 5.89. The van der Waals surface area contributed by atoms with Crippen LogP contribution in [0.2, 0.25) is 0 Å². The normalized spacial score (nSPS) is 13.9. The fourth-order valence-corrected chi connectivity index (χ4v) is 4.12. The number of hydrogen-bond donors (Lipinski definition) is 2. The lowest BCUT2D eigenvalue weighted by atomic mass is 9.98. The Kier molecular flexibility index (Phi) is 7.77. The molecule has 1 unspecified atom stereocenters. The van der Waals surface area contributed by atoms with E-state index in [4.69, 9.17) is 4.74 Å². The van der Waals surface area contributed by atoms with Crippen molar-refractivity contribution in [2.75, 3.05) is 24.6 Å². The lowest BCUT2D eigenvalue weighted by Gasteiger charge is -2.20. The Morgan fingerprint density at radius 1 is 0.943 bits per heavy atom. The molecule has 7 heteroatoms. The van der Waals surface area contributed by atoms with Crippen molar-refractivity contribution < 1.29 is 19.1 Å².